The molecule has 128 valence electrons. The highest BCUT2D eigenvalue weighted by molar-refractivity contribution is 8.00. The van der Waals surface area contributed by atoms with E-state index in [1.165, 1.54) is 42.4 Å². The van der Waals surface area contributed by atoms with Gasteiger partial charge in [-0.1, -0.05) is 12.1 Å². The summed E-state index contributed by atoms with van der Waals surface area (Å²) in [5.74, 6) is -0.954. The minimum atomic E-state index is -0.683. The summed E-state index contributed by atoms with van der Waals surface area (Å²) in [5, 5.41) is 11.5. The second-order valence-electron chi connectivity index (χ2n) is 5.01. The molecule has 0 radical (unpaired) electrons. The second-order valence-corrected chi connectivity index (χ2v) is 6.08. The molecule has 0 bridgehead atoms. The summed E-state index contributed by atoms with van der Waals surface area (Å²) in [7, 11) is 0. The number of nitrogen functional groups attached to an aromatic ring is 1. The van der Waals surface area contributed by atoms with E-state index >= 15 is 0 Å². The van der Waals surface area contributed by atoms with Gasteiger partial charge in [-0.05, 0) is 5.56 Å². The number of thioether (sulfide) groups is 1. The lowest BCUT2D eigenvalue weighted by Crippen LogP contribution is -2.45. The smallest absolute Gasteiger partial charge is 0.292 e. The Labute approximate surface area is 145 Å². The summed E-state index contributed by atoms with van der Waals surface area (Å²) < 4.78 is 0. The average Bonchev–Trinajstić information content (AvgIpc) is 2.96. The molecule has 0 saturated carbocycles. The first-order valence-electron chi connectivity index (χ1n) is 7.03. The van der Waals surface area contributed by atoms with Crippen LogP contribution in [0.3, 0.4) is 0 Å². The molecule has 2 aromatic rings. The van der Waals surface area contributed by atoms with Gasteiger partial charge in [-0.3, -0.25) is 25.1 Å². The van der Waals surface area contributed by atoms with Gasteiger partial charge in [-0.25, -0.2) is 15.0 Å². The number of carbonyl (C=O) groups excluding carboxylic acids is 2. The summed E-state index contributed by atoms with van der Waals surface area (Å²) in [4.78, 5) is 42.5. The molecule has 2 heterocycles. The van der Waals surface area contributed by atoms with Crippen molar-refractivity contribution in [2.75, 3.05) is 11.5 Å². The zero-order valence-electron chi connectivity index (χ0n) is 12.7. The van der Waals surface area contributed by atoms with Crippen molar-refractivity contribution in [3.05, 3.63) is 58.0 Å². The van der Waals surface area contributed by atoms with Crippen molar-refractivity contribution in [2.45, 2.75) is 5.37 Å². The Morgan fingerprint density at radius 3 is 2.88 bits per heavy atom. The number of nitrogens with one attached hydrogen (secondary N) is 1. The number of hydrogen-bond donors (Lipinski definition) is 2. The number of nitro benzene ring substituents is 1. The summed E-state index contributed by atoms with van der Waals surface area (Å²) in [6.45, 7) is 0. The number of aromatic nitrogens is 2. The van der Waals surface area contributed by atoms with E-state index in [-0.39, 0.29) is 28.9 Å². The predicted molar refractivity (Wildman–Crippen MR) is 89.1 cm³/mol. The van der Waals surface area contributed by atoms with Gasteiger partial charge in [0.15, 0.2) is 11.5 Å². The van der Waals surface area contributed by atoms with Gasteiger partial charge in [0.05, 0.1) is 10.7 Å². The summed E-state index contributed by atoms with van der Waals surface area (Å²) in [5.41, 5.74) is 8.39. The van der Waals surface area contributed by atoms with Crippen molar-refractivity contribution in [3.63, 3.8) is 0 Å². The number of nitrogens with zero attached hydrogens (tertiary/aromatic N) is 4. The van der Waals surface area contributed by atoms with Crippen molar-refractivity contribution < 1.29 is 14.5 Å². The molecule has 1 unspecified atom stereocenters. The first-order chi connectivity index (χ1) is 12.0. The SMILES string of the molecule is Nc1nccnc1C(=O)NN1C(=O)CSC1c1cccc([N+](=O)[O-])c1. The Balaban J connectivity index is 1.85. The van der Waals surface area contributed by atoms with Crippen molar-refractivity contribution in [1.82, 2.24) is 20.4 Å². The monoisotopic (exact) mass is 360 g/mol. The molecule has 1 fully saturated rings. The maximum Gasteiger partial charge on any atom is 0.292 e. The second kappa shape index (κ2) is 6.73. The lowest BCUT2D eigenvalue weighted by Gasteiger charge is -2.24. The number of rotatable bonds is 4. The molecule has 25 heavy (non-hydrogen) atoms. The third kappa shape index (κ3) is 3.35. The Morgan fingerprint density at radius 2 is 2.16 bits per heavy atom. The quantitative estimate of drug-likeness (QED) is 0.604. The fourth-order valence-corrected chi connectivity index (χ4v) is 3.37. The van der Waals surface area contributed by atoms with Crippen LogP contribution in [-0.2, 0) is 4.79 Å². The van der Waals surface area contributed by atoms with E-state index in [4.69, 9.17) is 5.73 Å². The lowest BCUT2D eigenvalue weighted by molar-refractivity contribution is -0.384. The standard InChI is InChI=1S/C14H12N6O4S/c15-12-11(16-4-5-17-12)13(22)18-19-10(21)7-25-14(19)8-2-1-3-9(6-8)20(23)24/h1-6,14H,7H2,(H2,15,17)(H,18,22). The molecule has 11 heteroatoms. The van der Waals surface area contributed by atoms with Crippen molar-refractivity contribution in [2.24, 2.45) is 0 Å². The van der Waals surface area contributed by atoms with Crippen molar-refractivity contribution in [1.29, 1.82) is 0 Å². The molecule has 1 aromatic carbocycles. The number of hydrazine groups is 1. The predicted octanol–water partition coefficient (Wildman–Crippen LogP) is 0.886. The molecule has 2 amide bonds. The van der Waals surface area contributed by atoms with Crippen LogP contribution < -0.4 is 11.2 Å². The summed E-state index contributed by atoms with van der Waals surface area (Å²) >= 11 is 1.25. The van der Waals surface area contributed by atoms with E-state index in [1.54, 1.807) is 6.07 Å². The highest BCUT2D eigenvalue weighted by Gasteiger charge is 2.35. The maximum absolute atomic E-state index is 12.3. The molecule has 0 spiro atoms. The van der Waals surface area contributed by atoms with E-state index < -0.39 is 16.2 Å². The van der Waals surface area contributed by atoms with Crippen molar-refractivity contribution >= 4 is 35.1 Å². The van der Waals surface area contributed by atoms with Gasteiger partial charge in [-0.15, -0.1) is 11.8 Å². The molecular weight excluding hydrogens is 348 g/mol. The van der Waals surface area contributed by atoms with Crippen LogP contribution in [0.25, 0.3) is 0 Å². The van der Waals surface area contributed by atoms with Crippen LogP contribution >= 0.6 is 11.8 Å². The average molecular weight is 360 g/mol. The van der Waals surface area contributed by atoms with Gasteiger partial charge in [0.25, 0.3) is 17.5 Å². The Bertz CT molecular complexity index is 861. The van der Waals surface area contributed by atoms with Gasteiger partial charge in [0.1, 0.15) is 5.37 Å². The number of hydrogen-bond acceptors (Lipinski definition) is 8. The first kappa shape index (κ1) is 16.6. The maximum atomic E-state index is 12.3. The number of amides is 2. The van der Waals surface area contributed by atoms with E-state index in [1.807, 2.05) is 0 Å². The fraction of sp³-hybridized carbons (Fsp3) is 0.143. The third-order valence-corrected chi connectivity index (χ3v) is 4.61. The molecule has 0 aliphatic carbocycles. The molecule has 1 aliphatic heterocycles. The minimum absolute atomic E-state index is 0.0637. The largest absolute Gasteiger partial charge is 0.382 e. The highest BCUT2D eigenvalue weighted by atomic mass is 32.2. The summed E-state index contributed by atoms with van der Waals surface area (Å²) in [6, 6.07) is 5.90. The third-order valence-electron chi connectivity index (χ3n) is 3.40. The van der Waals surface area contributed by atoms with E-state index in [0.717, 1.165) is 5.01 Å². The molecule has 1 aromatic heterocycles. The fourth-order valence-electron chi connectivity index (χ4n) is 2.27. The zero-order chi connectivity index (χ0) is 18.0. The molecule has 3 N–H and O–H groups in total. The number of carbonyl (C=O) groups is 2. The Kier molecular flexibility index (Phi) is 4.48. The Hall–Kier alpha value is -3.21. The zero-order valence-corrected chi connectivity index (χ0v) is 13.5. The van der Waals surface area contributed by atoms with Crippen LogP contribution in [0, 0.1) is 10.1 Å². The number of nitrogens with two attached hydrogens (primary N) is 1. The topological polar surface area (TPSA) is 144 Å². The number of benzene rings is 1. The van der Waals surface area contributed by atoms with Crippen LogP contribution in [0.5, 0.6) is 0 Å². The van der Waals surface area contributed by atoms with Gasteiger partial charge in [0, 0.05) is 24.5 Å². The van der Waals surface area contributed by atoms with Gasteiger partial charge < -0.3 is 5.73 Å². The van der Waals surface area contributed by atoms with Gasteiger partial charge in [0.2, 0.25) is 0 Å². The minimum Gasteiger partial charge on any atom is -0.382 e. The number of anilines is 1. The summed E-state index contributed by atoms with van der Waals surface area (Å²) in [6.07, 6.45) is 2.65. The van der Waals surface area contributed by atoms with E-state index in [9.17, 15) is 19.7 Å². The lowest BCUT2D eigenvalue weighted by atomic mass is 10.2. The van der Waals surface area contributed by atoms with Gasteiger partial charge in [-0.2, -0.15) is 0 Å². The molecule has 1 saturated heterocycles. The molecule has 10 nitrogen and oxygen atoms in total. The van der Waals surface area contributed by atoms with Crippen LogP contribution in [0.1, 0.15) is 21.4 Å². The number of non-ortho nitro benzene ring substituents is 1. The normalized spacial score (nSPS) is 16.7. The number of nitro groups is 1. The van der Waals surface area contributed by atoms with Crippen molar-refractivity contribution in [3.8, 4) is 0 Å². The Morgan fingerprint density at radius 1 is 1.40 bits per heavy atom. The molecule has 1 aliphatic rings. The first-order valence-corrected chi connectivity index (χ1v) is 8.07. The molecule has 3 rings (SSSR count). The van der Waals surface area contributed by atoms with Crippen LogP contribution in [0.2, 0.25) is 0 Å². The van der Waals surface area contributed by atoms with E-state index in [0.29, 0.717) is 5.56 Å². The molecular formula is C14H12N6O4S. The van der Waals surface area contributed by atoms with Crippen LogP contribution in [0.4, 0.5) is 11.5 Å². The molecule has 1 atom stereocenters. The highest BCUT2D eigenvalue weighted by Crippen LogP contribution is 2.38. The van der Waals surface area contributed by atoms with E-state index in [2.05, 4.69) is 15.4 Å². The van der Waals surface area contributed by atoms with Gasteiger partial charge >= 0.3 is 0 Å². The van der Waals surface area contributed by atoms with Crippen LogP contribution in [0.15, 0.2) is 36.7 Å². The van der Waals surface area contributed by atoms with Crippen LogP contribution in [-0.4, -0.2) is 37.5 Å².